The number of hydrogen-bond acceptors (Lipinski definition) is 4. The first-order valence-electron chi connectivity index (χ1n) is 7.15. The Kier molecular flexibility index (Phi) is 6.14. The maximum Gasteiger partial charge on any atom is 0.271 e. The molecule has 2 rings (SSSR count). The standard InChI is InChI=1S/C18H17BrN2O3/c1-3-5-13-8-12(9-16(24-2)17(13)22)11-20-21-18(23)14-6-4-7-15(19)10-14/h3-4,6-11,22H,1,5H2,2H3,(H,21,23)/b20-11+. The SMILES string of the molecule is C=CCc1cc(/C=N/NC(=O)c2cccc(Br)c2)cc(OC)c1O. The van der Waals surface area contributed by atoms with E-state index in [1.807, 2.05) is 6.07 Å². The molecule has 0 atom stereocenters. The Morgan fingerprint density at radius 3 is 2.88 bits per heavy atom. The van der Waals surface area contributed by atoms with Crippen molar-refractivity contribution >= 4 is 28.1 Å². The van der Waals surface area contributed by atoms with Gasteiger partial charge in [-0.05, 0) is 42.3 Å². The zero-order valence-electron chi connectivity index (χ0n) is 13.1. The van der Waals surface area contributed by atoms with E-state index in [0.29, 0.717) is 28.9 Å². The molecule has 0 radical (unpaired) electrons. The molecule has 0 bridgehead atoms. The summed E-state index contributed by atoms with van der Waals surface area (Å²) in [5.41, 5.74) is 4.32. The predicted molar refractivity (Wildman–Crippen MR) is 97.8 cm³/mol. The number of ether oxygens (including phenoxy) is 1. The maximum absolute atomic E-state index is 12.0. The third-order valence-corrected chi connectivity index (χ3v) is 3.72. The van der Waals surface area contributed by atoms with E-state index in [1.54, 1.807) is 36.4 Å². The molecule has 2 aromatic rings. The van der Waals surface area contributed by atoms with Crippen molar-refractivity contribution in [3.05, 3.63) is 70.2 Å². The van der Waals surface area contributed by atoms with Gasteiger partial charge in [-0.25, -0.2) is 5.43 Å². The number of amides is 1. The average molecular weight is 389 g/mol. The summed E-state index contributed by atoms with van der Waals surface area (Å²) >= 11 is 3.32. The first kappa shape index (κ1) is 17.7. The van der Waals surface area contributed by atoms with Crippen LogP contribution in [0.4, 0.5) is 0 Å². The molecule has 6 heteroatoms. The predicted octanol–water partition coefficient (Wildman–Crippen LogP) is 3.66. The highest BCUT2D eigenvalue weighted by atomic mass is 79.9. The fourth-order valence-corrected chi connectivity index (χ4v) is 2.49. The van der Waals surface area contributed by atoms with Crippen molar-refractivity contribution in [2.45, 2.75) is 6.42 Å². The average Bonchev–Trinajstić information content (AvgIpc) is 2.57. The number of phenolic OH excluding ortho intramolecular Hbond substituents is 1. The number of methoxy groups -OCH3 is 1. The van der Waals surface area contributed by atoms with E-state index in [9.17, 15) is 9.90 Å². The minimum Gasteiger partial charge on any atom is -0.504 e. The van der Waals surface area contributed by atoms with Crippen molar-refractivity contribution in [1.82, 2.24) is 5.43 Å². The molecule has 2 N–H and O–H groups in total. The van der Waals surface area contributed by atoms with Gasteiger partial charge in [0, 0.05) is 15.6 Å². The molecule has 0 heterocycles. The van der Waals surface area contributed by atoms with Gasteiger partial charge in [-0.2, -0.15) is 5.10 Å². The molecule has 0 aromatic heterocycles. The normalized spacial score (nSPS) is 10.6. The van der Waals surface area contributed by atoms with Crippen molar-refractivity contribution in [1.29, 1.82) is 0 Å². The van der Waals surface area contributed by atoms with E-state index < -0.39 is 0 Å². The Morgan fingerprint density at radius 2 is 2.21 bits per heavy atom. The summed E-state index contributed by atoms with van der Waals surface area (Å²) in [6, 6.07) is 10.4. The first-order chi connectivity index (χ1) is 11.5. The van der Waals surface area contributed by atoms with Crippen molar-refractivity contribution in [3.63, 3.8) is 0 Å². The summed E-state index contributed by atoms with van der Waals surface area (Å²) < 4.78 is 5.96. The summed E-state index contributed by atoms with van der Waals surface area (Å²) in [6.45, 7) is 3.66. The van der Waals surface area contributed by atoms with Gasteiger partial charge in [0.05, 0.1) is 13.3 Å². The number of nitrogens with one attached hydrogen (secondary N) is 1. The Hall–Kier alpha value is -2.60. The Labute approximate surface area is 148 Å². The molecule has 24 heavy (non-hydrogen) atoms. The molecule has 5 nitrogen and oxygen atoms in total. The molecule has 0 aliphatic carbocycles. The zero-order valence-corrected chi connectivity index (χ0v) is 14.7. The fourth-order valence-electron chi connectivity index (χ4n) is 2.09. The third kappa shape index (κ3) is 4.45. The van der Waals surface area contributed by atoms with Crippen LogP contribution in [0.15, 0.2) is 58.6 Å². The van der Waals surface area contributed by atoms with E-state index in [-0.39, 0.29) is 11.7 Å². The second-order valence-corrected chi connectivity index (χ2v) is 5.85. The van der Waals surface area contributed by atoms with E-state index in [4.69, 9.17) is 4.74 Å². The van der Waals surface area contributed by atoms with Gasteiger partial charge in [0.2, 0.25) is 0 Å². The number of hydrazone groups is 1. The van der Waals surface area contributed by atoms with Crippen LogP contribution in [-0.4, -0.2) is 24.3 Å². The number of aromatic hydroxyl groups is 1. The van der Waals surface area contributed by atoms with Crippen LogP contribution < -0.4 is 10.2 Å². The summed E-state index contributed by atoms with van der Waals surface area (Å²) in [4.78, 5) is 12.0. The molecule has 1 amide bonds. The largest absolute Gasteiger partial charge is 0.504 e. The molecule has 0 aliphatic rings. The van der Waals surface area contributed by atoms with Gasteiger partial charge in [-0.1, -0.05) is 28.1 Å². The first-order valence-corrected chi connectivity index (χ1v) is 7.94. The van der Waals surface area contributed by atoms with Gasteiger partial charge in [-0.15, -0.1) is 6.58 Å². The van der Waals surface area contributed by atoms with Crippen LogP contribution >= 0.6 is 15.9 Å². The second kappa shape index (κ2) is 8.31. The zero-order chi connectivity index (χ0) is 17.5. The molecule has 0 saturated carbocycles. The Balaban J connectivity index is 2.15. The molecule has 0 saturated heterocycles. The monoisotopic (exact) mass is 388 g/mol. The van der Waals surface area contributed by atoms with Crippen LogP contribution in [0.3, 0.4) is 0 Å². The van der Waals surface area contributed by atoms with Crippen LogP contribution in [0.2, 0.25) is 0 Å². The van der Waals surface area contributed by atoms with Gasteiger partial charge < -0.3 is 9.84 Å². The summed E-state index contributed by atoms with van der Waals surface area (Å²) in [7, 11) is 1.47. The molecule has 124 valence electrons. The lowest BCUT2D eigenvalue weighted by atomic mass is 10.1. The van der Waals surface area contributed by atoms with Gasteiger partial charge >= 0.3 is 0 Å². The number of benzene rings is 2. The molecule has 0 fully saturated rings. The molecule has 2 aromatic carbocycles. The molecule has 0 unspecified atom stereocenters. The van der Waals surface area contributed by atoms with E-state index >= 15 is 0 Å². The van der Waals surface area contributed by atoms with Crippen molar-refractivity contribution in [2.75, 3.05) is 7.11 Å². The number of carbonyl (C=O) groups excluding carboxylic acids is 1. The smallest absolute Gasteiger partial charge is 0.271 e. The van der Waals surface area contributed by atoms with Crippen LogP contribution in [0.25, 0.3) is 0 Å². The third-order valence-electron chi connectivity index (χ3n) is 3.23. The quantitative estimate of drug-likeness (QED) is 0.450. The number of hydrogen-bond donors (Lipinski definition) is 2. The Bertz CT molecular complexity index is 788. The summed E-state index contributed by atoms with van der Waals surface area (Å²) in [5.74, 6) is 0.103. The van der Waals surface area contributed by atoms with E-state index in [0.717, 1.165) is 4.47 Å². The van der Waals surface area contributed by atoms with Gasteiger partial charge in [0.25, 0.3) is 5.91 Å². The summed E-state index contributed by atoms with van der Waals surface area (Å²) in [5, 5.41) is 14.0. The molecule has 0 aliphatic heterocycles. The number of rotatable bonds is 6. The number of nitrogens with zero attached hydrogens (tertiary/aromatic N) is 1. The van der Waals surface area contributed by atoms with E-state index in [1.165, 1.54) is 13.3 Å². The van der Waals surface area contributed by atoms with Crippen molar-refractivity contribution < 1.29 is 14.6 Å². The molecule has 0 spiro atoms. The maximum atomic E-state index is 12.0. The highest BCUT2D eigenvalue weighted by molar-refractivity contribution is 9.10. The minimum atomic E-state index is -0.315. The Morgan fingerprint density at radius 1 is 1.42 bits per heavy atom. The minimum absolute atomic E-state index is 0.0766. The lowest BCUT2D eigenvalue weighted by Gasteiger charge is -2.09. The van der Waals surface area contributed by atoms with Crippen LogP contribution in [0, 0.1) is 0 Å². The highest BCUT2D eigenvalue weighted by Gasteiger charge is 2.09. The van der Waals surface area contributed by atoms with Crippen LogP contribution in [0.1, 0.15) is 21.5 Å². The van der Waals surface area contributed by atoms with Gasteiger partial charge in [0.15, 0.2) is 11.5 Å². The lowest BCUT2D eigenvalue weighted by molar-refractivity contribution is 0.0955. The number of carbonyl (C=O) groups is 1. The van der Waals surface area contributed by atoms with E-state index in [2.05, 4.69) is 33.0 Å². The van der Waals surface area contributed by atoms with Crippen molar-refractivity contribution in [2.24, 2.45) is 5.10 Å². The number of phenols is 1. The number of allylic oxidation sites excluding steroid dienone is 1. The van der Waals surface area contributed by atoms with Crippen LogP contribution in [-0.2, 0) is 6.42 Å². The van der Waals surface area contributed by atoms with Crippen LogP contribution in [0.5, 0.6) is 11.5 Å². The fraction of sp³-hybridized carbons (Fsp3) is 0.111. The highest BCUT2D eigenvalue weighted by Crippen LogP contribution is 2.31. The number of halogens is 1. The lowest BCUT2D eigenvalue weighted by Crippen LogP contribution is -2.17. The second-order valence-electron chi connectivity index (χ2n) is 4.93. The topological polar surface area (TPSA) is 70.9 Å². The van der Waals surface area contributed by atoms with Gasteiger partial charge in [0.1, 0.15) is 0 Å². The molecular weight excluding hydrogens is 372 g/mol. The van der Waals surface area contributed by atoms with Gasteiger partial charge in [-0.3, -0.25) is 4.79 Å². The molecular formula is C18H17BrN2O3. The summed E-state index contributed by atoms with van der Waals surface area (Å²) in [6.07, 6.45) is 3.67. The van der Waals surface area contributed by atoms with Crippen molar-refractivity contribution in [3.8, 4) is 11.5 Å².